The first-order chi connectivity index (χ1) is 34.0. The lowest BCUT2D eigenvalue weighted by molar-refractivity contribution is 0.373. The van der Waals surface area contributed by atoms with Gasteiger partial charge in [0, 0.05) is 17.7 Å². The van der Waals surface area contributed by atoms with E-state index in [9.17, 15) is 74.6 Å². The van der Waals surface area contributed by atoms with Crippen LogP contribution in [0.25, 0.3) is 0 Å². The van der Waals surface area contributed by atoms with Crippen LogP contribution < -0.4 is 0 Å². The summed E-state index contributed by atoms with van der Waals surface area (Å²) in [4.78, 5) is 0. The van der Waals surface area contributed by atoms with Crippen LogP contribution in [0.15, 0.2) is 140 Å². The predicted molar refractivity (Wildman–Crippen MR) is 249 cm³/mol. The molecular formula is C56H47F17. The molecule has 0 heterocycles. The summed E-state index contributed by atoms with van der Waals surface area (Å²) in [5.41, 5.74) is 3.67. The molecular weight excluding hydrogens is 996 g/mol. The molecule has 0 aliphatic carbocycles. The molecule has 8 aromatic rings. The zero-order chi connectivity index (χ0) is 55.7. The summed E-state index contributed by atoms with van der Waals surface area (Å²) in [5.74, 6) is -16.5. The third-order valence-electron chi connectivity index (χ3n) is 8.89. The quantitative estimate of drug-likeness (QED) is 0.0807. The molecule has 0 fully saturated rings. The second-order valence-electron chi connectivity index (χ2n) is 15.3. The third-order valence-corrected chi connectivity index (χ3v) is 8.89. The van der Waals surface area contributed by atoms with Gasteiger partial charge >= 0.3 is 0 Å². The van der Waals surface area contributed by atoms with Gasteiger partial charge in [0.05, 0.1) is 0 Å². The van der Waals surface area contributed by atoms with Gasteiger partial charge in [0.2, 0.25) is 5.82 Å². The highest BCUT2D eigenvalue weighted by atomic mass is 19.2. The fraction of sp³-hybridized carbons (Fsp3) is 0.143. The zero-order valence-corrected chi connectivity index (χ0v) is 40.2. The summed E-state index contributed by atoms with van der Waals surface area (Å²) >= 11 is 0. The minimum Gasteiger partial charge on any atom is -0.207 e. The SMILES string of the molecule is Cc1c(F)c(F)c(F)c(F)c1F.Cc1cc(F)c(F)c(F)c1.Cc1cc(F)cc(F)c1.Cc1cc(F)ccc1F.Cc1ccc(F)cc1.Cc1ccc(F)cc1F.Cc1cccc(F)c1.Cc1ccccc1F. The Kier molecular flexibility index (Phi) is 27.7. The van der Waals surface area contributed by atoms with Crippen molar-refractivity contribution in [3.8, 4) is 0 Å². The fourth-order valence-electron chi connectivity index (χ4n) is 4.95. The van der Waals surface area contributed by atoms with Crippen molar-refractivity contribution >= 4 is 0 Å². The van der Waals surface area contributed by atoms with Gasteiger partial charge in [0.25, 0.3) is 0 Å². The molecule has 0 saturated heterocycles. The number of rotatable bonds is 0. The van der Waals surface area contributed by atoms with E-state index in [1.165, 1.54) is 68.4 Å². The molecule has 0 aliphatic heterocycles. The Bertz CT molecular complexity index is 2680. The maximum absolute atomic E-state index is 12.4. The van der Waals surface area contributed by atoms with Crippen LogP contribution >= 0.6 is 0 Å². The molecule has 0 unspecified atom stereocenters. The molecule has 0 bridgehead atoms. The third kappa shape index (κ3) is 24.5. The van der Waals surface area contributed by atoms with Gasteiger partial charge in [-0.15, -0.1) is 0 Å². The van der Waals surface area contributed by atoms with Gasteiger partial charge in [-0.05, 0) is 168 Å². The van der Waals surface area contributed by atoms with Crippen molar-refractivity contribution < 1.29 is 74.6 Å². The molecule has 0 aliphatic rings. The first kappa shape index (κ1) is 63.6. The second-order valence-corrected chi connectivity index (χ2v) is 15.3. The Hall–Kier alpha value is -7.43. The van der Waals surface area contributed by atoms with Gasteiger partial charge in [-0.1, -0.05) is 54.1 Å². The first-order valence-corrected chi connectivity index (χ1v) is 21.0. The molecule has 0 nitrogen and oxygen atoms in total. The lowest BCUT2D eigenvalue weighted by Crippen LogP contribution is -2.03. The van der Waals surface area contributed by atoms with Gasteiger partial charge < -0.3 is 0 Å². The van der Waals surface area contributed by atoms with E-state index in [2.05, 4.69) is 0 Å². The molecule has 8 aromatic carbocycles. The molecule has 0 saturated carbocycles. The van der Waals surface area contributed by atoms with Gasteiger partial charge in [-0.3, -0.25) is 0 Å². The smallest absolute Gasteiger partial charge is 0.200 e. The van der Waals surface area contributed by atoms with Crippen LogP contribution in [0.2, 0.25) is 0 Å². The monoisotopic (exact) mass is 1040 g/mol. The number of hydrogen-bond acceptors (Lipinski definition) is 0. The molecule has 73 heavy (non-hydrogen) atoms. The first-order valence-electron chi connectivity index (χ1n) is 21.0. The second kappa shape index (κ2) is 31.8. The number of aryl methyl sites for hydroxylation is 7. The van der Waals surface area contributed by atoms with E-state index in [1.54, 1.807) is 51.1 Å². The topological polar surface area (TPSA) is 0 Å². The molecule has 390 valence electrons. The molecule has 0 N–H and O–H groups in total. The summed E-state index contributed by atoms with van der Waals surface area (Å²) in [7, 11) is 0. The van der Waals surface area contributed by atoms with Gasteiger partial charge in [0.15, 0.2) is 40.7 Å². The number of hydrogen-bond donors (Lipinski definition) is 0. The average Bonchev–Trinajstić information content (AvgIpc) is 3.32. The van der Waals surface area contributed by atoms with Crippen molar-refractivity contribution in [2.75, 3.05) is 0 Å². The Labute approximate surface area is 412 Å². The van der Waals surface area contributed by atoms with Crippen LogP contribution in [0.5, 0.6) is 0 Å². The molecule has 8 rings (SSSR count). The number of benzene rings is 8. The summed E-state index contributed by atoms with van der Waals surface area (Å²) in [6.07, 6.45) is 0. The summed E-state index contributed by atoms with van der Waals surface area (Å²) in [6, 6.07) is 31.8. The highest BCUT2D eigenvalue weighted by molar-refractivity contribution is 5.23. The van der Waals surface area contributed by atoms with Crippen LogP contribution in [0, 0.1) is 154 Å². The van der Waals surface area contributed by atoms with E-state index in [1.807, 2.05) is 26.0 Å². The summed E-state index contributed by atoms with van der Waals surface area (Å²) in [6.45, 7) is 12.6. The largest absolute Gasteiger partial charge is 0.207 e. The number of halogens is 17. The predicted octanol–water partition coefficient (Wildman–Crippen LogP) is 18.3. The molecule has 0 aromatic heterocycles. The van der Waals surface area contributed by atoms with Crippen molar-refractivity contribution in [2.45, 2.75) is 55.4 Å². The fourth-order valence-corrected chi connectivity index (χ4v) is 4.95. The van der Waals surface area contributed by atoms with Crippen molar-refractivity contribution in [1.29, 1.82) is 0 Å². The summed E-state index contributed by atoms with van der Waals surface area (Å²) < 4.78 is 208. The molecule has 0 radical (unpaired) electrons. The lowest BCUT2D eigenvalue weighted by Gasteiger charge is -2.02. The van der Waals surface area contributed by atoms with Crippen molar-refractivity contribution in [3.63, 3.8) is 0 Å². The van der Waals surface area contributed by atoms with Gasteiger partial charge in [-0.25, -0.2) is 74.6 Å². The van der Waals surface area contributed by atoms with Crippen LogP contribution in [0.3, 0.4) is 0 Å². The Morgan fingerprint density at radius 3 is 1.00 bits per heavy atom. The van der Waals surface area contributed by atoms with Crippen molar-refractivity contribution in [3.05, 3.63) is 283 Å². The van der Waals surface area contributed by atoms with E-state index in [4.69, 9.17) is 0 Å². The van der Waals surface area contributed by atoms with E-state index >= 15 is 0 Å². The minimum atomic E-state index is -2.13. The molecule has 0 amide bonds. The molecule has 0 atom stereocenters. The van der Waals surface area contributed by atoms with E-state index in [0.29, 0.717) is 27.8 Å². The van der Waals surface area contributed by atoms with Crippen LogP contribution in [0.1, 0.15) is 44.5 Å². The zero-order valence-electron chi connectivity index (χ0n) is 40.2. The van der Waals surface area contributed by atoms with Crippen molar-refractivity contribution in [1.82, 2.24) is 0 Å². The van der Waals surface area contributed by atoms with Crippen molar-refractivity contribution in [2.24, 2.45) is 0 Å². The Balaban J connectivity index is 0.000000418. The maximum atomic E-state index is 12.4. The maximum Gasteiger partial charge on any atom is 0.200 e. The standard InChI is InChI=1S/C7H3F5.C7H5F3.3C7H6F2.3C7H7F/c1-2-3(8)5(10)7(12)6(11)4(2)9;1-4-2-5(8)7(10)6(9)3-4;1-5-2-6(8)4-7(9)3-5;1-5-4-6(8)2-3-7(5)9;1-5-2-3-6(8)4-7(5)9;1-6-2-4-7(8)5-3-6;1-6-3-2-4-7(8)5-6;1-6-4-2-3-5-7(6)8/h1H3;2-3H,1H3;3*2-4H,1H3;3*2-5H,1H3. The Morgan fingerprint density at radius 1 is 0.205 bits per heavy atom. The Morgan fingerprint density at radius 2 is 0.616 bits per heavy atom. The minimum absolute atomic E-state index is 0.132. The van der Waals surface area contributed by atoms with E-state index in [-0.39, 0.29) is 23.3 Å². The lowest BCUT2D eigenvalue weighted by atomic mass is 10.2. The van der Waals surface area contributed by atoms with Gasteiger partial charge in [-0.2, -0.15) is 0 Å². The van der Waals surface area contributed by atoms with Gasteiger partial charge in [0.1, 0.15) is 52.4 Å². The highest BCUT2D eigenvalue weighted by Gasteiger charge is 2.22. The normalized spacial score (nSPS) is 9.71. The molecule has 0 spiro atoms. The highest BCUT2D eigenvalue weighted by Crippen LogP contribution is 2.22. The van der Waals surface area contributed by atoms with Crippen LogP contribution in [-0.2, 0) is 0 Å². The summed E-state index contributed by atoms with van der Waals surface area (Å²) in [5, 5.41) is 0. The van der Waals surface area contributed by atoms with Crippen LogP contribution in [0.4, 0.5) is 74.6 Å². The molecule has 17 heteroatoms. The van der Waals surface area contributed by atoms with Crippen LogP contribution in [-0.4, -0.2) is 0 Å². The van der Waals surface area contributed by atoms with E-state index in [0.717, 1.165) is 60.5 Å². The van der Waals surface area contributed by atoms with E-state index < -0.39 is 81.2 Å². The average molecular weight is 1040 g/mol.